The lowest BCUT2D eigenvalue weighted by Gasteiger charge is -2.56. The average Bonchev–Trinajstić information content (AvgIpc) is 3.00. The normalized spacial score (nSPS) is 48.1. The van der Waals surface area contributed by atoms with Gasteiger partial charge in [-0.25, -0.2) is 0 Å². The highest BCUT2D eigenvalue weighted by Crippen LogP contribution is 2.62. The zero-order chi connectivity index (χ0) is 15.2. The van der Waals surface area contributed by atoms with Crippen molar-refractivity contribution in [3.8, 4) is 0 Å². The van der Waals surface area contributed by atoms with Crippen molar-refractivity contribution in [1.29, 1.82) is 0 Å². The maximum absolute atomic E-state index is 10.8. The molecule has 0 aromatic rings. The summed E-state index contributed by atoms with van der Waals surface area (Å²) < 4.78 is 0. The second-order valence-corrected chi connectivity index (χ2v) is 8.55. The van der Waals surface area contributed by atoms with Gasteiger partial charge in [-0.1, -0.05) is 37.5 Å². The van der Waals surface area contributed by atoms with Gasteiger partial charge in [-0.3, -0.25) is 0 Å². The van der Waals surface area contributed by atoms with Crippen LogP contribution in [0.25, 0.3) is 0 Å². The lowest BCUT2D eigenvalue weighted by atomic mass is 9.49. The van der Waals surface area contributed by atoms with Gasteiger partial charge in [-0.15, -0.1) is 6.58 Å². The molecular formula is C21H32O. The van der Waals surface area contributed by atoms with Crippen LogP contribution in [0.1, 0.15) is 64.2 Å². The van der Waals surface area contributed by atoms with E-state index in [4.69, 9.17) is 0 Å². The van der Waals surface area contributed by atoms with Gasteiger partial charge in [-0.2, -0.15) is 0 Å². The van der Waals surface area contributed by atoms with Crippen LogP contribution in [0.2, 0.25) is 0 Å². The molecule has 1 heteroatoms. The number of rotatable bonds is 3. The predicted molar refractivity (Wildman–Crippen MR) is 91.4 cm³/mol. The largest absolute Gasteiger partial charge is 0.392 e. The van der Waals surface area contributed by atoms with Crippen molar-refractivity contribution in [2.75, 3.05) is 0 Å². The monoisotopic (exact) mass is 300 g/mol. The first kappa shape index (κ1) is 15.0. The fourth-order valence-electron chi connectivity index (χ4n) is 6.96. The lowest BCUT2D eigenvalue weighted by molar-refractivity contribution is -0.0893. The van der Waals surface area contributed by atoms with Gasteiger partial charge in [0.2, 0.25) is 0 Å². The fraction of sp³-hybridized carbons (Fsp3) is 0.810. The Balaban J connectivity index is 1.58. The van der Waals surface area contributed by atoms with Crippen molar-refractivity contribution < 1.29 is 5.11 Å². The van der Waals surface area contributed by atoms with E-state index in [1.54, 1.807) is 0 Å². The Kier molecular flexibility index (Phi) is 3.97. The molecule has 0 radical (unpaired) electrons. The molecule has 4 aliphatic rings. The zero-order valence-corrected chi connectivity index (χ0v) is 13.9. The van der Waals surface area contributed by atoms with Crippen LogP contribution in [-0.4, -0.2) is 11.2 Å². The Morgan fingerprint density at radius 1 is 1.09 bits per heavy atom. The standard InChI is InChI=1S/C21H32O/c1-2-6-20(22)21-13-5-9-19(21)18-11-10-15-7-3-4-8-16(15)17(18)12-14-21/h2,5,13,15-20,22H,1,3-4,6-12,14H2/t15-,16-,17+,18+,19-,20-,21+/m0/s1. The zero-order valence-electron chi connectivity index (χ0n) is 13.9. The quantitative estimate of drug-likeness (QED) is 0.718. The fourth-order valence-corrected chi connectivity index (χ4v) is 6.96. The van der Waals surface area contributed by atoms with Crippen LogP contribution >= 0.6 is 0 Å². The summed E-state index contributed by atoms with van der Waals surface area (Å²) >= 11 is 0. The van der Waals surface area contributed by atoms with Crippen molar-refractivity contribution in [3.05, 3.63) is 24.8 Å². The molecule has 122 valence electrons. The molecule has 0 amide bonds. The van der Waals surface area contributed by atoms with Gasteiger partial charge in [0, 0.05) is 5.41 Å². The molecule has 0 unspecified atom stereocenters. The molecule has 0 spiro atoms. The maximum Gasteiger partial charge on any atom is 0.0667 e. The Morgan fingerprint density at radius 3 is 2.82 bits per heavy atom. The highest BCUT2D eigenvalue weighted by molar-refractivity contribution is 5.19. The first-order valence-electron chi connectivity index (χ1n) is 9.73. The smallest absolute Gasteiger partial charge is 0.0667 e. The van der Waals surface area contributed by atoms with Gasteiger partial charge >= 0.3 is 0 Å². The number of aliphatic hydroxyl groups excluding tert-OH is 1. The highest BCUT2D eigenvalue weighted by atomic mass is 16.3. The summed E-state index contributed by atoms with van der Waals surface area (Å²) in [5, 5.41) is 10.8. The van der Waals surface area contributed by atoms with Gasteiger partial charge in [0.25, 0.3) is 0 Å². The topological polar surface area (TPSA) is 20.2 Å². The Bertz CT molecular complexity index is 453. The minimum Gasteiger partial charge on any atom is -0.392 e. The number of hydrogen-bond donors (Lipinski definition) is 1. The molecule has 22 heavy (non-hydrogen) atoms. The van der Waals surface area contributed by atoms with Crippen molar-refractivity contribution in [1.82, 2.24) is 0 Å². The molecule has 7 atom stereocenters. The van der Waals surface area contributed by atoms with Crippen LogP contribution in [0, 0.1) is 35.0 Å². The van der Waals surface area contributed by atoms with Crippen molar-refractivity contribution in [2.24, 2.45) is 35.0 Å². The molecule has 3 fully saturated rings. The van der Waals surface area contributed by atoms with E-state index in [0.29, 0.717) is 5.92 Å². The van der Waals surface area contributed by atoms with E-state index in [1.165, 1.54) is 57.8 Å². The number of hydrogen-bond acceptors (Lipinski definition) is 1. The van der Waals surface area contributed by atoms with Crippen molar-refractivity contribution in [2.45, 2.75) is 70.3 Å². The summed E-state index contributed by atoms with van der Waals surface area (Å²) in [7, 11) is 0. The van der Waals surface area contributed by atoms with Crippen LogP contribution in [0.3, 0.4) is 0 Å². The van der Waals surface area contributed by atoms with Crippen LogP contribution in [0.4, 0.5) is 0 Å². The van der Waals surface area contributed by atoms with E-state index in [2.05, 4.69) is 18.7 Å². The highest BCUT2D eigenvalue weighted by Gasteiger charge is 2.55. The van der Waals surface area contributed by atoms with Crippen molar-refractivity contribution >= 4 is 0 Å². The summed E-state index contributed by atoms with van der Waals surface area (Å²) in [5.41, 5.74) is 0.0802. The molecule has 0 aromatic carbocycles. The van der Waals surface area contributed by atoms with Gasteiger partial charge < -0.3 is 5.11 Å². The molecular weight excluding hydrogens is 268 g/mol. The van der Waals surface area contributed by atoms with E-state index in [0.717, 1.165) is 30.1 Å². The first-order valence-corrected chi connectivity index (χ1v) is 9.73. The Morgan fingerprint density at radius 2 is 1.95 bits per heavy atom. The molecule has 0 heterocycles. The van der Waals surface area contributed by atoms with E-state index in [9.17, 15) is 5.11 Å². The summed E-state index contributed by atoms with van der Waals surface area (Å²) in [6, 6.07) is 0. The number of fused-ring (bicyclic) bond motifs is 5. The third-order valence-corrected chi connectivity index (χ3v) is 7.88. The van der Waals surface area contributed by atoms with Crippen LogP contribution < -0.4 is 0 Å². The van der Waals surface area contributed by atoms with Gasteiger partial charge in [0.05, 0.1) is 6.10 Å². The van der Waals surface area contributed by atoms with Gasteiger partial charge in [-0.05, 0) is 74.5 Å². The maximum atomic E-state index is 10.8. The summed E-state index contributed by atoms with van der Waals surface area (Å²) in [5.74, 6) is 4.61. The van der Waals surface area contributed by atoms with E-state index >= 15 is 0 Å². The van der Waals surface area contributed by atoms with Crippen molar-refractivity contribution in [3.63, 3.8) is 0 Å². The van der Waals surface area contributed by atoms with Gasteiger partial charge in [0.1, 0.15) is 0 Å². The lowest BCUT2D eigenvalue weighted by Crippen LogP contribution is -2.51. The molecule has 1 N–H and O–H groups in total. The molecule has 0 bridgehead atoms. The van der Waals surface area contributed by atoms with Gasteiger partial charge in [0.15, 0.2) is 0 Å². The van der Waals surface area contributed by atoms with E-state index in [-0.39, 0.29) is 11.5 Å². The number of aliphatic hydroxyl groups is 1. The minimum atomic E-state index is -0.209. The molecule has 0 aromatic heterocycles. The van der Waals surface area contributed by atoms with Crippen LogP contribution in [0.15, 0.2) is 24.8 Å². The third kappa shape index (κ3) is 2.15. The second-order valence-electron chi connectivity index (χ2n) is 8.55. The van der Waals surface area contributed by atoms with E-state index < -0.39 is 0 Å². The minimum absolute atomic E-state index is 0.0802. The summed E-state index contributed by atoms with van der Waals surface area (Å²) in [6.45, 7) is 3.86. The summed E-state index contributed by atoms with van der Waals surface area (Å²) in [6.07, 6.45) is 19.9. The molecule has 1 nitrogen and oxygen atoms in total. The van der Waals surface area contributed by atoms with Crippen LogP contribution in [-0.2, 0) is 0 Å². The molecule has 4 aliphatic carbocycles. The Hall–Kier alpha value is -0.560. The predicted octanol–water partition coefficient (Wildman–Crippen LogP) is 5.11. The Labute approximate surface area is 135 Å². The number of allylic oxidation sites excluding steroid dienone is 1. The van der Waals surface area contributed by atoms with E-state index in [1.807, 2.05) is 6.08 Å². The molecule has 0 aliphatic heterocycles. The molecule has 0 saturated heterocycles. The summed E-state index contributed by atoms with van der Waals surface area (Å²) in [4.78, 5) is 0. The molecule has 3 saturated carbocycles. The average molecular weight is 300 g/mol. The SMILES string of the molecule is C=CC[C@H](O)[C@@]12C=CC[C@H]1[C@@H]1CC[C@@H]3CCCC[C@@H]3[C@H]1CC2. The second kappa shape index (κ2) is 5.82. The molecule has 4 rings (SSSR count). The third-order valence-electron chi connectivity index (χ3n) is 7.88. The van der Waals surface area contributed by atoms with Crippen LogP contribution in [0.5, 0.6) is 0 Å². The first-order chi connectivity index (χ1) is 10.8.